The highest BCUT2D eigenvalue weighted by molar-refractivity contribution is 5.62. The number of amides is 1. The smallest absolute Gasteiger partial charge is 0.208 e. The summed E-state index contributed by atoms with van der Waals surface area (Å²) in [6.07, 6.45) is 3.68. The van der Waals surface area contributed by atoms with E-state index < -0.39 is 6.04 Å². The Morgan fingerprint density at radius 1 is 1.62 bits per heavy atom. The van der Waals surface area contributed by atoms with E-state index in [0.717, 1.165) is 11.1 Å². The number of nitrogens with one attached hydrogen (secondary N) is 1. The largest absolute Gasteiger partial charge is 0.339 e. The fourth-order valence-corrected chi connectivity index (χ4v) is 1.59. The van der Waals surface area contributed by atoms with Crippen LogP contribution in [0.1, 0.15) is 17.2 Å². The second-order valence-corrected chi connectivity index (χ2v) is 3.30. The molecule has 2 heterocycles. The predicted molar refractivity (Wildman–Crippen MR) is 55.3 cm³/mol. The van der Waals surface area contributed by atoms with Crippen molar-refractivity contribution < 1.29 is 4.79 Å². The Bertz CT molecular complexity index is 568. The predicted octanol–water partition coefficient (Wildman–Crippen LogP) is 0.348. The molecule has 80 valence electrons. The van der Waals surface area contributed by atoms with Gasteiger partial charge in [0.2, 0.25) is 6.41 Å². The molecule has 1 atom stereocenters. The lowest BCUT2D eigenvalue weighted by molar-refractivity contribution is -0.109. The number of aryl methyl sites for hydroxylation is 1. The molecule has 0 bridgehead atoms. The van der Waals surface area contributed by atoms with Gasteiger partial charge < -0.3 is 5.32 Å². The summed E-state index contributed by atoms with van der Waals surface area (Å²) in [6, 6.07) is 3.13. The molecular weight excluding hydrogens is 206 g/mol. The summed E-state index contributed by atoms with van der Waals surface area (Å²) in [6.45, 7) is 1.90. The fourth-order valence-electron chi connectivity index (χ4n) is 1.59. The molecule has 0 radical (unpaired) electrons. The van der Waals surface area contributed by atoms with E-state index in [-0.39, 0.29) is 0 Å². The van der Waals surface area contributed by atoms with Crippen LogP contribution in [0.25, 0.3) is 5.52 Å². The Balaban J connectivity index is 2.61. The third kappa shape index (κ3) is 1.48. The van der Waals surface area contributed by atoms with E-state index >= 15 is 0 Å². The summed E-state index contributed by atoms with van der Waals surface area (Å²) >= 11 is 0. The Kier molecular flexibility index (Phi) is 2.52. The average Bonchev–Trinajstić information content (AvgIpc) is 2.71. The lowest BCUT2D eigenvalue weighted by Crippen LogP contribution is -2.17. The summed E-state index contributed by atoms with van der Waals surface area (Å²) < 4.78 is 1.45. The molecule has 0 aromatic carbocycles. The molecular formula is C10H9N5O. The van der Waals surface area contributed by atoms with Crippen molar-refractivity contribution in [2.24, 2.45) is 0 Å². The van der Waals surface area contributed by atoms with Crippen LogP contribution in [0.2, 0.25) is 0 Å². The average molecular weight is 215 g/mol. The van der Waals surface area contributed by atoms with E-state index in [1.165, 1.54) is 4.63 Å². The topological polar surface area (TPSA) is 83.1 Å². The highest BCUT2D eigenvalue weighted by Gasteiger charge is 2.16. The van der Waals surface area contributed by atoms with Gasteiger partial charge in [0.25, 0.3) is 0 Å². The zero-order chi connectivity index (χ0) is 11.5. The number of fused-ring (bicyclic) bond motifs is 1. The number of aromatic nitrogens is 3. The molecule has 0 fully saturated rings. The molecule has 16 heavy (non-hydrogen) atoms. The maximum Gasteiger partial charge on any atom is 0.208 e. The zero-order valence-corrected chi connectivity index (χ0v) is 8.58. The van der Waals surface area contributed by atoms with Gasteiger partial charge in [-0.25, -0.2) is 0 Å². The van der Waals surface area contributed by atoms with Crippen molar-refractivity contribution in [1.82, 2.24) is 20.1 Å². The Morgan fingerprint density at radius 3 is 3.12 bits per heavy atom. The first-order valence-corrected chi connectivity index (χ1v) is 4.66. The van der Waals surface area contributed by atoms with Gasteiger partial charge in [0.05, 0.1) is 17.8 Å². The van der Waals surface area contributed by atoms with Gasteiger partial charge in [0.15, 0.2) is 0 Å². The zero-order valence-electron chi connectivity index (χ0n) is 8.58. The van der Waals surface area contributed by atoms with Crippen LogP contribution < -0.4 is 5.32 Å². The SMILES string of the molecule is Cc1ccnn2ncc(C(C#N)NC=O)c12. The summed E-state index contributed by atoms with van der Waals surface area (Å²) in [5.74, 6) is 0. The summed E-state index contributed by atoms with van der Waals surface area (Å²) in [4.78, 5) is 10.4. The molecule has 0 aliphatic carbocycles. The lowest BCUT2D eigenvalue weighted by Gasteiger charge is -2.06. The number of hydrogen-bond donors (Lipinski definition) is 1. The Labute approximate surface area is 91.5 Å². The van der Waals surface area contributed by atoms with Crippen molar-refractivity contribution in [1.29, 1.82) is 5.26 Å². The molecule has 0 aliphatic heterocycles. The number of nitrogens with zero attached hydrogens (tertiary/aromatic N) is 4. The first kappa shape index (κ1) is 10.1. The normalized spacial score (nSPS) is 12.0. The quantitative estimate of drug-likeness (QED) is 0.749. The van der Waals surface area contributed by atoms with E-state index in [4.69, 9.17) is 5.26 Å². The monoisotopic (exact) mass is 215 g/mol. The van der Waals surface area contributed by atoms with Gasteiger partial charge in [0, 0.05) is 11.8 Å². The second kappa shape index (κ2) is 3.98. The van der Waals surface area contributed by atoms with E-state index in [1.807, 2.05) is 19.1 Å². The van der Waals surface area contributed by atoms with Crippen molar-refractivity contribution in [3.05, 3.63) is 29.6 Å². The first-order chi connectivity index (χ1) is 7.77. The standard InChI is InChI=1S/C10H9N5O/c1-7-2-3-13-15-10(7)8(5-14-15)9(4-11)12-6-16/h2-3,5-6,9H,1H3,(H,12,16). The molecule has 2 aromatic heterocycles. The Morgan fingerprint density at radius 2 is 2.44 bits per heavy atom. The van der Waals surface area contributed by atoms with Crippen LogP contribution in [0.15, 0.2) is 18.5 Å². The van der Waals surface area contributed by atoms with E-state index in [1.54, 1.807) is 12.4 Å². The fraction of sp³-hybridized carbons (Fsp3) is 0.200. The minimum atomic E-state index is -0.696. The van der Waals surface area contributed by atoms with Crippen molar-refractivity contribution in [2.45, 2.75) is 13.0 Å². The molecule has 0 saturated carbocycles. The maximum absolute atomic E-state index is 10.4. The molecule has 0 saturated heterocycles. The first-order valence-electron chi connectivity index (χ1n) is 4.66. The molecule has 6 heteroatoms. The van der Waals surface area contributed by atoms with Crippen molar-refractivity contribution in [2.75, 3.05) is 0 Å². The minimum absolute atomic E-state index is 0.503. The van der Waals surface area contributed by atoms with E-state index in [0.29, 0.717) is 12.0 Å². The molecule has 2 aromatic rings. The second-order valence-electron chi connectivity index (χ2n) is 3.30. The summed E-state index contributed by atoms with van der Waals surface area (Å²) in [7, 11) is 0. The molecule has 1 unspecified atom stereocenters. The minimum Gasteiger partial charge on any atom is -0.339 e. The van der Waals surface area contributed by atoms with Crippen LogP contribution in [0.3, 0.4) is 0 Å². The summed E-state index contributed by atoms with van der Waals surface area (Å²) in [5.41, 5.74) is 2.36. The molecule has 1 amide bonds. The van der Waals surface area contributed by atoms with Crippen LogP contribution in [-0.2, 0) is 4.79 Å². The van der Waals surface area contributed by atoms with Crippen LogP contribution >= 0.6 is 0 Å². The van der Waals surface area contributed by atoms with Gasteiger partial charge in [-0.3, -0.25) is 4.79 Å². The molecule has 0 aliphatic rings. The van der Waals surface area contributed by atoms with Crippen LogP contribution in [0.5, 0.6) is 0 Å². The molecule has 6 nitrogen and oxygen atoms in total. The van der Waals surface area contributed by atoms with Crippen LogP contribution in [0.4, 0.5) is 0 Å². The van der Waals surface area contributed by atoms with Gasteiger partial charge >= 0.3 is 0 Å². The number of hydrogen-bond acceptors (Lipinski definition) is 4. The van der Waals surface area contributed by atoms with E-state index in [9.17, 15) is 4.79 Å². The lowest BCUT2D eigenvalue weighted by atomic mass is 10.1. The van der Waals surface area contributed by atoms with Gasteiger partial charge in [-0.15, -0.1) is 0 Å². The third-order valence-electron chi connectivity index (χ3n) is 2.33. The highest BCUT2D eigenvalue weighted by atomic mass is 16.1. The number of carbonyl (C=O) groups excluding carboxylic acids is 1. The van der Waals surface area contributed by atoms with Gasteiger partial charge in [-0.05, 0) is 18.6 Å². The maximum atomic E-state index is 10.4. The number of rotatable bonds is 3. The van der Waals surface area contributed by atoms with Gasteiger partial charge in [-0.2, -0.15) is 20.1 Å². The van der Waals surface area contributed by atoms with Crippen molar-refractivity contribution >= 4 is 11.9 Å². The van der Waals surface area contributed by atoms with Crippen molar-refractivity contribution in [3.8, 4) is 6.07 Å². The highest BCUT2D eigenvalue weighted by Crippen LogP contribution is 2.20. The van der Waals surface area contributed by atoms with E-state index in [2.05, 4.69) is 15.5 Å². The van der Waals surface area contributed by atoms with Crippen LogP contribution in [-0.4, -0.2) is 21.2 Å². The molecule has 2 rings (SSSR count). The molecule has 1 N–H and O–H groups in total. The third-order valence-corrected chi connectivity index (χ3v) is 2.33. The number of carbonyl (C=O) groups is 1. The van der Waals surface area contributed by atoms with Gasteiger partial charge in [-0.1, -0.05) is 0 Å². The Hall–Kier alpha value is -2.42. The summed E-state index contributed by atoms with van der Waals surface area (Å²) in [5, 5.41) is 19.4. The number of nitriles is 1. The van der Waals surface area contributed by atoms with Crippen molar-refractivity contribution in [3.63, 3.8) is 0 Å². The van der Waals surface area contributed by atoms with Crippen LogP contribution in [0, 0.1) is 18.3 Å². The molecule has 0 spiro atoms. The van der Waals surface area contributed by atoms with Gasteiger partial charge in [0.1, 0.15) is 6.04 Å².